The smallest absolute Gasteiger partial charge is 0.287 e. The number of likely N-dealkylation sites (N-methyl/N-ethyl adjacent to an activating group) is 1. The number of benzene rings is 2. The van der Waals surface area contributed by atoms with Crippen LogP contribution in [0.1, 0.15) is 22.2 Å². The van der Waals surface area contributed by atoms with Crippen LogP contribution < -0.4 is 10.7 Å². The van der Waals surface area contributed by atoms with Crippen LogP contribution in [0.4, 0.5) is 0 Å². The van der Waals surface area contributed by atoms with E-state index in [0.717, 1.165) is 5.56 Å². The molecule has 5 nitrogen and oxygen atoms in total. The van der Waals surface area contributed by atoms with E-state index in [0.29, 0.717) is 27.6 Å². The third-order valence-corrected chi connectivity index (χ3v) is 4.84. The number of hydrogen-bond donors (Lipinski definition) is 1. The number of carbonyl (C=O) groups excluding carboxylic acids is 1. The van der Waals surface area contributed by atoms with Gasteiger partial charge in [0.15, 0.2) is 11.2 Å². The summed E-state index contributed by atoms with van der Waals surface area (Å²) in [4.78, 5) is 26.7. The van der Waals surface area contributed by atoms with Crippen molar-refractivity contribution in [1.29, 1.82) is 0 Å². The Kier molecular flexibility index (Phi) is 5.85. The van der Waals surface area contributed by atoms with E-state index in [1.165, 1.54) is 12.1 Å². The van der Waals surface area contributed by atoms with Crippen molar-refractivity contribution in [3.8, 4) is 0 Å². The SMILES string of the molecule is CN(C)C(CNC(=O)c1cc(=O)c2cc(Cl)ccc2o1)c1ccccc1Cl. The summed E-state index contributed by atoms with van der Waals surface area (Å²) in [6.07, 6.45) is 0. The maximum Gasteiger partial charge on any atom is 0.287 e. The topological polar surface area (TPSA) is 62.6 Å². The zero-order valence-electron chi connectivity index (χ0n) is 14.8. The molecule has 1 heterocycles. The maximum atomic E-state index is 12.5. The number of amides is 1. The molecule has 1 N–H and O–H groups in total. The van der Waals surface area contributed by atoms with Crippen molar-refractivity contribution in [2.45, 2.75) is 6.04 Å². The maximum absolute atomic E-state index is 12.5. The van der Waals surface area contributed by atoms with Gasteiger partial charge in [-0.25, -0.2) is 0 Å². The van der Waals surface area contributed by atoms with Gasteiger partial charge in [0.25, 0.3) is 5.91 Å². The normalized spacial score (nSPS) is 12.3. The standard InChI is InChI=1S/C20H18Cl2N2O3/c1-24(2)16(13-5-3-4-6-15(13)22)11-23-20(26)19-10-17(25)14-9-12(21)7-8-18(14)27-19/h3-10,16H,11H2,1-2H3,(H,23,26). The van der Waals surface area contributed by atoms with E-state index in [9.17, 15) is 9.59 Å². The highest BCUT2D eigenvalue weighted by molar-refractivity contribution is 6.31. The zero-order valence-corrected chi connectivity index (χ0v) is 16.3. The van der Waals surface area contributed by atoms with Crippen LogP contribution in [0.3, 0.4) is 0 Å². The van der Waals surface area contributed by atoms with Gasteiger partial charge in [0.1, 0.15) is 5.58 Å². The number of rotatable bonds is 5. The van der Waals surface area contributed by atoms with Crippen molar-refractivity contribution >= 4 is 40.1 Å². The lowest BCUT2D eigenvalue weighted by Crippen LogP contribution is -2.35. The fourth-order valence-electron chi connectivity index (χ4n) is 2.83. The highest BCUT2D eigenvalue weighted by Crippen LogP contribution is 2.25. The Morgan fingerprint density at radius 3 is 2.59 bits per heavy atom. The highest BCUT2D eigenvalue weighted by atomic mass is 35.5. The molecule has 0 aliphatic carbocycles. The Bertz CT molecular complexity index is 1050. The first-order valence-electron chi connectivity index (χ1n) is 8.29. The predicted molar refractivity (Wildman–Crippen MR) is 108 cm³/mol. The first kappa shape index (κ1) is 19.4. The molecule has 0 radical (unpaired) electrons. The molecule has 0 saturated carbocycles. The lowest BCUT2D eigenvalue weighted by molar-refractivity contribution is 0.0914. The van der Waals surface area contributed by atoms with Crippen molar-refractivity contribution in [1.82, 2.24) is 10.2 Å². The molecule has 1 atom stereocenters. The summed E-state index contributed by atoms with van der Waals surface area (Å²) in [6.45, 7) is 0.304. The quantitative estimate of drug-likeness (QED) is 0.694. The van der Waals surface area contributed by atoms with Crippen LogP contribution in [0.15, 0.2) is 57.7 Å². The Labute approximate surface area is 166 Å². The lowest BCUT2D eigenvalue weighted by Gasteiger charge is -2.25. The molecule has 3 rings (SSSR count). The summed E-state index contributed by atoms with van der Waals surface area (Å²) >= 11 is 12.2. The van der Waals surface area contributed by atoms with Gasteiger partial charge in [-0.1, -0.05) is 41.4 Å². The fourth-order valence-corrected chi connectivity index (χ4v) is 3.27. The van der Waals surface area contributed by atoms with Gasteiger partial charge in [-0.15, -0.1) is 0 Å². The summed E-state index contributed by atoms with van der Waals surface area (Å²) in [5, 5.41) is 4.20. The summed E-state index contributed by atoms with van der Waals surface area (Å²) in [5.74, 6) is -0.519. The monoisotopic (exact) mass is 404 g/mol. The van der Waals surface area contributed by atoms with Gasteiger partial charge in [-0.2, -0.15) is 0 Å². The highest BCUT2D eigenvalue weighted by Gasteiger charge is 2.19. The van der Waals surface area contributed by atoms with E-state index in [2.05, 4.69) is 5.32 Å². The molecule has 3 aromatic rings. The molecule has 1 aromatic heterocycles. The average molecular weight is 405 g/mol. The zero-order chi connectivity index (χ0) is 19.6. The summed E-state index contributed by atoms with van der Waals surface area (Å²) in [7, 11) is 3.81. The van der Waals surface area contributed by atoms with Gasteiger partial charge in [-0.3, -0.25) is 9.59 Å². The molecule has 2 aromatic carbocycles. The molecule has 0 bridgehead atoms. The van der Waals surface area contributed by atoms with Gasteiger partial charge in [0, 0.05) is 22.7 Å². The third-order valence-electron chi connectivity index (χ3n) is 4.26. The van der Waals surface area contributed by atoms with Crippen molar-refractivity contribution in [3.63, 3.8) is 0 Å². The van der Waals surface area contributed by atoms with E-state index in [-0.39, 0.29) is 17.2 Å². The second-order valence-corrected chi connectivity index (χ2v) is 7.17. The number of nitrogens with zero attached hydrogens (tertiary/aromatic N) is 1. The summed E-state index contributed by atoms with van der Waals surface area (Å²) in [6, 6.07) is 13.2. The molecule has 0 fully saturated rings. The van der Waals surface area contributed by atoms with Crippen molar-refractivity contribution < 1.29 is 9.21 Å². The number of fused-ring (bicyclic) bond motifs is 1. The Balaban J connectivity index is 1.82. The van der Waals surface area contributed by atoms with E-state index in [4.69, 9.17) is 27.6 Å². The first-order valence-corrected chi connectivity index (χ1v) is 9.05. The molecular formula is C20H18Cl2N2O3. The van der Waals surface area contributed by atoms with Crippen LogP contribution in [0.2, 0.25) is 10.0 Å². The second kappa shape index (κ2) is 8.13. The van der Waals surface area contributed by atoms with Gasteiger partial charge in [0.05, 0.1) is 11.4 Å². The van der Waals surface area contributed by atoms with Gasteiger partial charge in [0.2, 0.25) is 0 Å². The van der Waals surface area contributed by atoms with Gasteiger partial charge >= 0.3 is 0 Å². The minimum Gasteiger partial charge on any atom is -0.451 e. The minimum absolute atomic E-state index is 0.0495. The van der Waals surface area contributed by atoms with Crippen molar-refractivity contribution in [3.05, 3.63) is 80.1 Å². The van der Waals surface area contributed by atoms with Crippen LogP contribution in [-0.2, 0) is 0 Å². The number of carbonyl (C=O) groups is 1. The predicted octanol–water partition coefficient (Wildman–Crippen LogP) is 4.13. The first-order chi connectivity index (χ1) is 12.9. The average Bonchev–Trinajstić information content (AvgIpc) is 2.63. The molecule has 7 heteroatoms. The molecule has 27 heavy (non-hydrogen) atoms. The van der Waals surface area contributed by atoms with Crippen LogP contribution in [0.25, 0.3) is 11.0 Å². The Morgan fingerprint density at radius 1 is 1.15 bits per heavy atom. The molecule has 0 saturated heterocycles. The van der Waals surface area contributed by atoms with Crippen LogP contribution >= 0.6 is 23.2 Å². The van der Waals surface area contributed by atoms with E-state index >= 15 is 0 Å². The lowest BCUT2D eigenvalue weighted by atomic mass is 10.1. The molecule has 0 spiro atoms. The number of halogens is 2. The summed E-state index contributed by atoms with van der Waals surface area (Å²) < 4.78 is 5.57. The van der Waals surface area contributed by atoms with E-state index in [1.807, 2.05) is 43.3 Å². The van der Waals surface area contributed by atoms with E-state index < -0.39 is 5.91 Å². The number of nitrogens with one attached hydrogen (secondary N) is 1. The fraction of sp³-hybridized carbons (Fsp3) is 0.200. The van der Waals surface area contributed by atoms with E-state index in [1.54, 1.807) is 12.1 Å². The second-order valence-electron chi connectivity index (χ2n) is 6.33. The van der Waals surface area contributed by atoms with Gasteiger partial charge < -0.3 is 14.6 Å². The van der Waals surface area contributed by atoms with Crippen LogP contribution in [0, 0.1) is 0 Å². The molecular weight excluding hydrogens is 387 g/mol. The molecule has 140 valence electrons. The van der Waals surface area contributed by atoms with Crippen molar-refractivity contribution in [2.75, 3.05) is 20.6 Å². The molecule has 0 aliphatic heterocycles. The Morgan fingerprint density at radius 2 is 1.89 bits per heavy atom. The van der Waals surface area contributed by atoms with Crippen LogP contribution in [-0.4, -0.2) is 31.4 Å². The largest absolute Gasteiger partial charge is 0.451 e. The molecule has 1 amide bonds. The van der Waals surface area contributed by atoms with Crippen molar-refractivity contribution in [2.24, 2.45) is 0 Å². The minimum atomic E-state index is -0.470. The summed E-state index contributed by atoms with van der Waals surface area (Å²) in [5.41, 5.74) is 0.894. The number of hydrogen-bond acceptors (Lipinski definition) is 4. The molecule has 1 unspecified atom stereocenters. The Hall–Kier alpha value is -2.34. The van der Waals surface area contributed by atoms with Crippen LogP contribution in [0.5, 0.6) is 0 Å². The molecule has 0 aliphatic rings. The van der Waals surface area contributed by atoms with Gasteiger partial charge in [-0.05, 0) is 43.9 Å². The third kappa shape index (κ3) is 4.33.